The van der Waals surface area contributed by atoms with Crippen LogP contribution < -0.4 is 5.56 Å². The molecule has 0 fully saturated rings. The molecular formula is C21H17ClN2O. The van der Waals surface area contributed by atoms with E-state index in [0.717, 1.165) is 16.7 Å². The quantitative estimate of drug-likeness (QED) is 0.526. The Morgan fingerprint density at radius 2 is 1.68 bits per heavy atom. The summed E-state index contributed by atoms with van der Waals surface area (Å²) in [5, 5.41) is 1.89. The molecule has 2 aromatic carbocycles. The summed E-state index contributed by atoms with van der Waals surface area (Å²) in [6.45, 7) is 0.525. The first-order valence-corrected chi connectivity index (χ1v) is 8.48. The molecule has 2 heterocycles. The van der Waals surface area contributed by atoms with Gasteiger partial charge >= 0.3 is 0 Å². The molecule has 0 saturated heterocycles. The third kappa shape index (κ3) is 3.11. The second-order valence-electron chi connectivity index (χ2n) is 6.21. The molecule has 0 atom stereocenters. The Hall–Kier alpha value is -2.78. The lowest BCUT2D eigenvalue weighted by molar-refractivity contribution is 0.761. The molecule has 0 spiro atoms. The van der Waals surface area contributed by atoms with Crippen molar-refractivity contribution in [3.05, 3.63) is 94.0 Å². The standard InChI is InChI=1S/C21H17ClN2O/c1-23-11-10-17-12-16(4-8-20(17)23)18-5-9-21(25)24(14-18)13-15-2-6-19(22)7-3-15/h2-12,14H,13H2,1H3. The first-order chi connectivity index (χ1) is 12.1. The van der Waals surface area contributed by atoms with Crippen molar-refractivity contribution >= 4 is 22.5 Å². The minimum Gasteiger partial charge on any atom is -0.351 e. The van der Waals surface area contributed by atoms with Crippen molar-refractivity contribution < 1.29 is 0 Å². The third-order valence-corrected chi connectivity index (χ3v) is 4.72. The fourth-order valence-corrected chi connectivity index (χ4v) is 3.20. The summed E-state index contributed by atoms with van der Waals surface area (Å²) >= 11 is 5.93. The van der Waals surface area contributed by atoms with Gasteiger partial charge in [-0.3, -0.25) is 4.79 Å². The van der Waals surface area contributed by atoms with Crippen LogP contribution >= 0.6 is 11.6 Å². The minimum absolute atomic E-state index is 0.0144. The summed E-state index contributed by atoms with van der Waals surface area (Å²) in [5.74, 6) is 0. The van der Waals surface area contributed by atoms with Crippen molar-refractivity contribution in [2.24, 2.45) is 7.05 Å². The molecule has 0 amide bonds. The second-order valence-corrected chi connectivity index (χ2v) is 6.65. The number of nitrogens with zero attached hydrogens (tertiary/aromatic N) is 2. The van der Waals surface area contributed by atoms with E-state index in [4.69, 9.17) is 11.6 Å². The van der Waals surface area contributed by atoms with Gasteiger partial charge in [0.15, 0.2) is 0 Å². The Bertz CT molecular complexity index is 1110. The van der Waals surface area contributed by atoms with E-state index in [1.54, 1.807) is 10.6 Å². The van der Waals surface area contributed by atoms with Crippen molar-refractivity contribution in [3.63, 3.8) is 0 Å². The van der Waals surface area contributed by atoms with Crippen LogP contribution in [0.1, 0.15) is 5.56 Å². The molecule has 0 aliphatic carbocycles. The SMILES string of the molecule is Cn1ccc2cc(-c3ccc(=O)n(Cc4ccc(Cl)cc4)c3)ccc21. The third-order valence-electron chi connectivity index (χ3n) is 4.47. The van der Waals surface area contributed by atoms with Crippen LogP contribution in [-0.2, 0) is 13.6 Å². The molecule has 0 aliphatic rings. The van der Waals surface area contributed by atoms with E-state index >= 15 is 0 Å². The number of halogens is 1. The van der Waals surface area contributed by atoms with Crippen LogP contribution in [0.15, 0.2) is 77.9 Å². The minimum atomic E-state index is -0.0144. The molecule has 4 rings (SSSR count). The van der Waals surface area contributed by atoms with E-state index in [1.807, 2.05) is 43.6 Å². The Morgan fingerprint density at radius 3 is 2.48 bits per heavy atom. The normalized spacial score (nSPS) is 11.1. The van der Waals surface area contributed by atoms with Gasteiger partial charge in [-0.25, -0.2) is 0 Å². The zero-order chi connectivity index (χ0) is 17.4. The van der Waals surface area contributed by atoms with Crippen LogP contribution in [0.4, 0.5) is 0 Å². The molecule has 2 aromatic heterocycles. The number of aromatic nitrogens is 2. The number of rotatable bonds is 3. The van der Waals surface area contributed by atoms with Crippen molar-refractivity contribution in [1.29, 1.82) is 0 Å². The number of hydrogen-bond donors (Lipinski definition) is 0. The number of benzene rings is 2. The van der Waals surface area contributed by atoms with Gasteiger partial charge in [0, 0.05) is 41.4 Å². The molecule has 25 heavy (non-hydrogen) atoms. The lowest BCUT2D eigenvalue weighted by atomic mass is 10.1. The van der Waals surface area contributed by atoms with E-state index in [0.29, 0.717) is 11.6 Å². The van der Waals surface area contributed by atoms with Gasteiger partial charge in [0.2, 0.25) is 0 Å². The van der Waals surface area contributed by atoms with Crippen LogP contribution in [0.3, 0.4) is 0 Å². The molecule has 0 bridgehead atoms. The summed E-state index contributed by atoms with van der Waals surface area (Å²) in [7, 11) is 2.04. The molecule has 3 nitrogen and oxygen atoms in total. The highest BCUT2D eigenvalue weighted by atomic mass is 35.5. The van der Waals surface area contributed by atoms with Crippen LogP contribution in [-0.4, -0.2) is 9.13 Å². The summed E-state index contributed by atoms with van der Waals surface area (Å²) in [6.07, 6.45) is 3.97. The number of hydrogen-bond acceptors (Lipinski definition) is 1. The van der Waals surface area contributed by atoms with Gasteiger partial charge < -0.3 is 9.13 Å². The van der Waals surface area contributed by atoms with Crippen LogP contribution in [0.5, 0.6) is 0 Å². The average Bonchev–Trinajstić information content (AvgIpc) is 2.99. The molecule has 0 unspecified atom stereocenters. The van der Waals surface area contributed by atoms with E-state index in [2.05, 4.69) is 35.0 Å². The lowest BCUT2D eigenvalue weighted by Gasteiger charge is -2.09. The topological polar surface area (TPSA) is 26.9 Å². The molecule has 0 N–H and O–H groups in total. The smallest absolute Gasteiger partial charge is 0.250 e. The molecular weight excluding hydrogens is 332 g/mol. The molecule has 4 aromatic rings. The summed E-state index contributed by atoms with van der Waals surface area (Å²) in [6, 6.07) is 19.5. The average molecular weight is 349 g/mol. The maximum Gasteiger partial charge on any atom is 0.250 e. The summed E-state index contributed by atoms with van der Waals surface area (Å²) in [4.78, 5) is 12.2. The predicted octanol–water partition coefficient (Wildman–Crippen LogP) is 4.71. The molecule has 0 aliphatic heterocycles. The predicted molar refractivity (Wildman–Crippen MR) is 103 cm³/mol. The van der Waals surface area contributed by atoms with Gasteiger partial charge in [0.05, 0.1) is 6.54 Å². The molecule has 4 heteroatoms. The summed E-state index contributed by atoms with van der Waals surface area (Å²) < 4.78 is 3.83. The monoisotopic (exact) mass is 348 g/mol. The van der Waals surface area contributed by atoms with Crippen LogP contribution in [0.25, 0.3) is 22.0 Å². The molecule has 124 valence electrons. The van der Waals surface area contributed by atoms with Gasteiger partial charge in [-0.05, 0) is 53.1 Å². The summed E-state index contributed by atoms with van der Waals surface area (Å²) in [5.41, 5.74) is 4.35. The second kappa shape index (κ2) is 6.26. The molecule has 0 radical (unpaired) electrons. The zero-order valence-corrected chi connectivity index (χ0v) is 14.6. The first-order valence-electron chi connectivity index (χ1n) is 8.10. The maximum atomic E-state index is 12.2. The van der Waals surface area contributed by atoms with Gasteiger partial charge in [-0.1, -0.05) is 29.8 Å². The Kier molecular flexibility index (Phi) is 3.94. The van der Waals surface area contributed by atoms with E-state index in [-0.39, 0.29) is 5.56 Å². The number of pyridine rings is 1. The van der Waals surface area contributed by atoms with Crippen LogP contribution in [0.2, 0.25) is 5.02 Å². The first kappa shape index (κ1) is 15.7. The Labute approximate surface area is 150 Å². The van der Waals surface area contributed by atoms with Crippen molar-refractivity contribution in [1.82, 2.24) is 9.13 Å². The van der Waals surface area contributed by atoms with E-state index < -0.39 is 0 Å². The molecule has 0 saturated carbocycles. The Balaban J connectivity index is 1.72. The van der Waals surface area contributed by atoms with Gasteiger partial charge in [-0.2, -0.15) is 0 Å². The van der Waals surface area contributed by atoms with Crippen molar-refractivity contribution in [2.45, 2.75) is 6.54 Å². The largest absolute Gasteiger partial charge is 0.351 e. The highest BCUT2D eigenvalue weighted by Crippen LogP contribution is 2.24. The highest BCUT2D eigenvalue weighted by Gasteiger charge is 2.05. The lowest BCUT2D eigenvalue weighted by Crippen LogP contribution is -2.19. The zero-order valence-electron chi connectivity index (χ0n) is 13.8. The van der Waals surface area contributed by atoms with Crippen molar-refractivity contribution in [2.75, 3.05) is 0 Å². The fourth-order valence-electron chi connectivity index (χ4n) is 3.07. The number of aryl methyl sites for hydroxylation is 1. The highest BCUT2D eigenvalue weighted by molar-refractivity contribution is 6.30. The van der Waals surface area contributed by atoms with Gasteiger partial charge in [0.1, 0.15) is 0 Å². The van der Waals surface area contributed by atoms with Crippen LogP contribution in [0, 0.1) is 0 Å². The van der Waals surface area contributed by atoms with Gasteiger partial charge in [-0.15, -0.1) is 0 Å². The van der Waals surface area contributed by atoms with E-state index in [1.165, 1.54) is 10.9 Å². The fraction of sp³-hybridized carbons (Fsp3) is 0.0952. The van der Waals surface area contributed by atoms with Crippen molar-refractivity contribution in [3.8, 4) is 11.1 Å². The van der Waals surface area contributed by atoms with E-state index in [9.17, 15) is 4.79 Å². The number of fused-ring (bicyclic) bond motifs is 1. The van der Waals surface area contributed by atoms with Gasteiger partial charge in [0.25, 0.3) is 5.56 Å². The maximum absolute atomic E-state index is 12.2. The Morgan fingerprint density at radius 1 is 0.920 bits per heavy atom.